The minimum atomic E-state index is -0.774. The summed E-state index contributed by atoms with van der Waals surface area (Å²) in [5.74, 6) is -0.717. The number of likely N-dealkylation sites (tertiary alicyclic amines) is 1. The first-order chi connectivity index (χ1) is 8.52. The Morgan fingerprint density at radius 3 is 2.61 bits per heavy atom. The lowest BCUT2D eigenvalue weighted by atomic mass is 9.90. The molecule has 18 heavy (non-hydrogen) atoms. The molecule has 1 aliphatic heterocycles. The molecule has 1 aromatic carbocycles. The van der Waals surface area contributed by atoms with E-state index in [-0.39, 0.29) is 0 Å². The standard InChI is InChI=1S/C15H21NO2/c1-12-6-5-7-13(10-12)11-15(2,14(17)18)16-8-3-4-9-16/h5-7,10H,3-4,8-9,11H2,1-2H3,(H,17,18). The van der Waals surface area contributed by atoms with E-state index in [2.05, 4.69) is 11.0 Å². The molecule has 1 unspecified atom stereocenters. The summed E-state index contributed by atoms with van der Waals surface area (Å²) in [6.07, 6.45) is 2.79. The van der Waals surface area contributed by atoms with Gasteiger partial charge < -0.3 is 5.11 Å². The van der Waals surface area contributed by atoms with E-state index in [4.69, 9.17) is 0 Å². The lowest BCUT2D eigenvalue weighted by molar-refractivity contribution is -0.149. The molecule has 1 atom stereocenters. The smallest absolute Gasteiger partial charge is 0.324 e. The molecule has 0 amide bonds. The highest BCUT2D eigenvalue weighted by Crippen LogP contribution is 2.26. The summed E-state index contributed by atoms with van der Waals surface area (Å²) in [5.41, 5.74) is 1.51. The second-order valence-corrected chi connectivity index (χ2v) is 5.44. The van der Waals surface area contributed by atoms with E-state index in [0.717, 1.165) is 31.5 Å². The third-order valence-corrected chi connectivity index (χ3v) is 3.90. The van der Waals surface area contributed by atoms with Crippen molar-refractivity contribution in [3.63, 3.8) is 0 Å². The molecule has 3 heteroatoms. The summed E-state index contributed by atoms with van der Waals surface area (Å²) in [5, 5.41) is 9.58. The minimum absolute atomic E-state index is 0.573. The summed E-state index contributed by atoms with van der Waals surface area (Å²) >= 11 is 0. The van der Waals surface area contributed by atoms with Gasteiger partial charge in [-0.1, -0.05) is 29.8 Å². The predicted molar refractivity (Wildman–Crippen MR) is 71.7 cm³/mol. The van der Waals surface area contributed by atoms with E-state index < -0.39 is 11.5 Å². The normalized spacial score (nSPS) is 19.7. The zero-order chi connectivity index (χ0) is 13.2. The summed E-state index contributed by atoms with van der Waals surface area (Å²) in [6.45, 7) is 5.68. The molecule has 1 aliphatic rings. The van der Waals surface area contributed by atoms with Gasteiger partial charge in [0.2, 0.25) is 0 Å². The van der Waals surface area contributed by atoms with Gasteiger partial charge in [-0.25, -0.2) is 0 Å². The third-order valence-electron chi connectivity index (χ3n) is 3.90. The quantitative estimate of drug-likeness (QED) is 0.888. The Bertz CT molecular complexity index is 438. The van der Waals surface area contributed by atoms with Gasteiger partial charge in [0.25, 0.3) is 0 Å². The molecule has 0 aromatic heterocycles. The fraction of sp³-hybridized carbons (Fsp3) is 0.533. The number of carboxylic acids is 1. The van der Waals surface area contributed by atoms with Crippen LogP contribution in [0.4, 0.5) is 0 Å². The maximum absolute atomic E-state index is 11.7. The molecule has 0 radical (unpaired) electrons. The van der Waals surface area contributed by atoms with Gasteiger partial charge >= 0.3 is 5.97 Å². The van der Waals surface area contributed by atoms with Gasteiger partial charge in [0, 0.05) is 6.42 Å². The molecule has 1 N–H and O–H groups in total. The van der Waals surface area contributed by atoms with Crippen LogP contribution in [0, 0.1) is 6.92 Å². The average Bonchev–Trinajstić information content (AvgIpc) is 2.82. The monoisotopic (exact) mass is 247 g/mol. The maximum Gasteiger partial charge on any atom is 0.324 e. The van der Waals surface area contributed by atoms with Crippen molar-refractivity contribution in [2.45, 2.75) is 38.6 Å². The Labute approximate surface area is 108 Å². The topological polar surface area (TPSA) is 40.5 Å². The average molecular weight is 247 g/mol. The maximum atomic E-state index is 11.7. The Balaban J connectivity index is 2.22. The van der Waals surface area contributed by atoms with E-state index >= 15 is 0 Å². The van der Waals surface area contributed by atoms with Crippen molar-refractivity contribution in [1.29, 1.82) is 0 Å². The summed E-state index contributed by atoms with van der Waals surface area (Å²) in [7, 11) is 0. The Hall–Kier alpha value is -1.35. The molecule has 1 fully saturated rings. The van der Waals surface area contributed by atoms with E-state index in [0.29, 0.717) is 6.42 Å². The number of hydrogen-bond acceptors (Lipinski definition) is 2. The lowest BCUT2D eigenvalue weighted by Crippen LogP contribution is -2.52. The van der Waals surface area contributed by atoms with Crippen molar-refractivity contribution in [3.8, 4) is 0 Å². The van der Waals surface area contributed by atoms with Gasteiger partial charge in [0.15, 0.2) is 0 Å². The van der Waals surface area contributed by atoms with Crippen molar-refractivity contribution in [1.82, 2.24) is 4.90 Å². The van der Waals surface area contributed by atoms with E-state index in [9.17, 15) is 9.90 Å². The van der Waals surface area contributed by atoms with Crippen LogP contribution in [0.3, 0.4) is 0 Å². The first-order valence-electron chi connectivity index (χ1n) is 6.56. The molecular weight excluding hydrogens is 226 g/mol. The fourth-order valence-electron chi connectivity index (χ4n) is 2.75. The number of aliphatic carboxylic acids is 1. The lowest BCUT2D eigenvalue weighted by Gasteiger charge is -2.35. The van der Waals surface area contributed by atoms with Crippen molar-refractivity contribution in [2.75, 3.05) is 13.1 Å². The largest absolute Gasteiger partial charge is 0.480 e. The zero-order valence-corrected chi connectivity index (χ0v) is 11.1. The number of nitrogens with zero attached hydrogens (tertiary/aromatic N) is 1. The van der Waals surface area contributed by atoms with Crippen LogP contribution in [0.1, 0.15) is 30.9 Å². The highest BCUT2D eigenvalue weighted by molar-refractivity contribution is 5.78. The van der Waals surface area contributed by atoms with Gasteiger partial charge in [0.1, 0.15) is 5.54 Å². The van der Waals surface area contributed by atoms with Crippen molar-refractivity contribution in [3.05, 3.63) is 35.4 Å². The molecule has 2 rings (SSSR count). The fourth-order valence-corrected chi connectivity index (χ4v) is 2.75. The van der Waals surface area contributed by atoms with Gasteiger partial charge in [0.05, 0.1) is 0 Å². The molecule has 1 aromatic rings. The number of aryl methyl sites for hydroxylation is 1. The van der Waals surface area contributed by atoms with Gasteiger partial charge in [-0.3, -0.25) is 9.69 Å². The zero-order valence-electron chi connectivity index (χ0n) is 11.1. The predicted octanol–water partition coefficient (Wildman–Crippen LogP) is 2.48. The third kappa shape index (κ3) is 2.56. The number of hydrogen-bond donors (Lipinski definition) is 1. The van der Waals surface area contributed by atoms with E-state index in [1.54, 1.807) is 0 Å². The SMILES string of the molecule is Cc1cccc(CC(C)(C(=O)O)N2CCCC2)c1. The van der Waals surface area contributed by atoms with Gasteiger partial charge in [-0.2, -0.15) is 0 Å². The summed E-state index contributed by atoms with van der Waals surface area (Å²) < 4.78 is 0. The van der Waals surface area contributed by atoms with Crippen LogP contribution in [0.5, 0.6) is 0 Å². The molecule has 98 valence electrons. The van der Waals surface area contributed by atoms with Crippen LogP contribution in [0.25, 0.3) is 0 Å². The van der Waals surface area contributed by atoms with Crippen LogP contribution < -0.4 is 0 Å². The van der Waals surface area contributed by atoms with Crippen LogP contribution in [-0.4, -0.2) is 34.6 Å². The molecular formula is C15H21NO2. The second kappa shape index (κ2) is 5.11. The highest BCUT2D eigenvalue weighted by atomic mass is 16.4. The summed E-state index contributed by atoms with van der Waals surface area (Å²) in [6, 6.07) is 8.13. The Morgan fingerprint density at radius 2 is 2.06 bits per heavy atom. The number of rotatable bonds is 4. The number of carbonyl (C=O) groups is 1. The highest BCUT2D eigenvalue weighted by Gasteiger charge is 2.40. The van der Waals surface area contributed by atoms with Crippen LogP contribution in [0.15, 0.2) is 24.3 Å². The molecule has 0 aliphatic carbocycles. The summed E-state index contributed by atoms with van der Waals surface area (Å²) in [4.78, 5) is 13.8. The van der Waals surface area contributed by atoms with Crippen molar-refractivity contribution < 1.29 is 9.90 Å². The van der Waals surface area contributed by atoms with Crippen molar-refractivity contribution >= 4 is 5.97 Å². The first-order valence-corrected chi connectivity index (χ1v) is 6.56. The molecule has 0 bridgehead atoms. The van der Waals surface area contributed by atoms with Crippen LogP contribution >= 0.6 is 0 Å². The molecule has 3 nitrogen and oxygen atoms in total. The Kier molecular flexibility index (Phi) is 3.71. The Morgan fingerprint density at radius 1 is 1.39 bits per heavy atom. The molecule has 1 saturated heterocycles. The van der Waals surface area contributed by atoms with Gasteiger partial charge in [-0.05, 0) is 45.3 Å². The van der Waals surface area contributed by atoms with Gasteiger partial charge in [-0.15, -0.1) is 0 Å². The van der Waals surface area contributed by atoms with E-state index in [1.165, 1.54) is 5.56 Å². The van der Waals surface area contributed by atoms with Crippen LogP contribution in [0.2, 0.25) is 0 Å². The van der Waals surface area contributed by atoms with Crippen LogP contribution in [-0.2, 0) is 11.2 Å². The molecule has 0 spiro atoms. The number of benzene rings is 1. The number of carboxylic acid groups (broad SMARTS) is 1. The van der Waals surface area contributed by atoms with E-state index in [1.807, 2.05) is 32.0 Å². The second-order valence-electron chi connectivity index (χ2n) is 5.44. The minimum Gasteiger partial charge on any atom is -0.480 e. The van der Waals surface area contributed by atoms with Crippen molar-refractivity contribution in [2.24, 2.45) is 0 Å². The molecule has 0 saturated carbocycles. The first kappa shape index (κ1) is 13.1. The molecule has 1 heterocycles.